The number of hydrogen-bond donors (Lipinski definition) is 1. The van der Waals surface area contributed by atoms with Gasteiger partial charge in [-0.25, -0.2) is 0 Å². The smallest absolute Gasteiger partial charge is 0.264 e. The van der Waals surface area contributed by atoms with E-state index in [1.807, 2.05) is 24.3 Å². The lowest BCUT2D eigenvalue weighted by Crippen LogP contribution is -2.44. The van der Waals surface area contributed by atoms with Gasteiger partial charge in [0.25, 0.3) is 5.91 Å². The van der Waals surface area contributed by atoms with Gasteiger partial charge < -0.3 is 19.7 Å². The fourth-order valence-electron chi connectivity index (χ4n) is 3.14. The molecule has 1 N–H and O–H groups in total. The predicted octanol–water partition coefficient (Wildman–Crippen LogP) is 2.21. The molecule has 0 spiro atoms. The molecule has 2 heterocycles. The fourth-order valence-corrected chi connectivity index (χ4v) is 3.14. The van der Waals surface area contributed by atoms with Crippen LogP contribution in [0.25, 0.3) is 0 Å². The molecule has 2 aliphatic heterocycles. The lowest BCUT2D eigenvalue weighted by atomic mass is 10.2. The number of rotatable bonds is 5. The van der Waals surface area contributed by atoms with Crippen LogP contribution >= 0.6 is 0 Å². The number of carbonyl (C=O) groups is 1. The largest absolute Gasteiger partial charge is 0.485 e. The molecule has 0 aliphatic carbocycles. The van der Waals surface area contributed by atoms with E-state index in [0.29, 0.717) is 18.0 Å². The van der Waals surface area contributed by atoms with Crippen molar-refractivity contribution in [1.29, 1.82) is 0 Å². The molecule has 0 saturated carbocycles. The molecule has 3 rings (SSSR count). The zero-order chi connectivity index (χ0) is 15.9. The second kappa shape index (κ2) is 8.20. The summed E-state index contributed by atoms with van der Waals surface area (Å²) in [6.45, 7) is 4.42. The van der Waals surface area contributed by atoms with Crippen molar-refractivity contribution in [3.63, 3.8) is 0 Å². The monoisotopic (exact) mass is 318 g/mol. The van der Waals surface area contributed by atoms with Gasteiger partial charge in [0.05, 0.1) is 0 Å². The fraction of sp³-hybridized carbons (Fsp3) is 0.611. The molecule has 1 amide bonds. The molecule has 1 aromatic rings. The maximum atomic E-state index is 12.2. The lowest BCUT2D eigenvalue weighted by molar-refractivity contribution is -0.130. The van der Waals surface area contributed by atoms with Crippen LogP contribution in [0.15, 0.2) is 24.3 Å². The highest BCUT2D eigenvalue weighted by molar-refractivity contribution is 5.81. The first-order valence-corrected chi connectivity index (χ1v) is 8.71. The standard InChI is InChI=1S/C18H26N2O3/c21-18(17-14-22-15-8-3-4-9-16(15)23-17)19-10-7-13-20-11-5-1-2-6-12-20/h3-4,8-9,17H,1-2,5-7,10-14H2,(H,19,21)/t17-/m0/s1. The number of ether oxygens (including phenoxy) is 2. The van der Waals surface area contributed by atoms with Gasteiger partial charge in [-0.15, -0.1) is 0 Å². The Bertz CT molecular complexity index is 513. The highest BCUT2D eigenvalue weighted by Crippen LogP contribution is 2.30. The van der Waals surface area contributed by atoms with Crippen molar-refractivity contribution < 1.29 is 14.3 Å². The second-order valence-electron chi connectivity index (χ2n) is 6.26. The van der Waals surface area contributed by atoms with E-state index in [2.05, 4.69) is 10.2 Å². The average molecular weight is 318 g/mol. The van der Waals surface area contributed by atoms with Crippen LogP contribution in [0.2, 0.25) is 0 Å². The average Bonchev–Trinajstić information content (AvgIpc) is 2.87. The van der Waals surface area contributed by atoms with Gasteiger partial charge in [0.1, 0.15) is 6.61 Å². The number of amides is 1. The number of nitrogens with one attached hydrogen (secondary N) is 1. The van der Waals surface area contributed by atoms with Crippen LogP contribution in [0.1, 0.15) is 32.1 Å². The zero-order valence-corrected chi connectivity index (χ0v) is 13.6. The summed E-state index contributed by atoms with van der Waals surface area (Å²) in [5, 5.41) is 2.97. The van der Waals surface area contributed by atoms with Crippen molar-refractivity contribution in [1.82, 2.24) is 10.2 Å². The minimum atomic E-state index is -0.553. The topological polar surface area (TPSA) is 50.8 Å². The highest BCUT2D eigenvalue weighted by Gasteiger charge is 2.26. The molecule has 0 bridgehead atoms. The van der Waals surface area contributed by atoms with Crippen LogP contribution in [0.5, 0.6) is 11.5 Å². The molecule has 0 aromatic heterocycles. The van der Waals surface area contributed by atoms with Crippen molar-refractivity contribution in [2.45, 2.75) is 38.2 Å². The van der Waals surface area contributed by atoms with Crippen molar-refractivity contribution >= 4 is 5.91 Å². The summed E-state index contributed by atoms with van der Waals surface area (Å²) in [6.07, 6.45) is 5.75. The first kappa shape index (κ1) is 16.1. The summed E-state index contributed by atoms with van der Waals surface area (Å²) in [5.74, 6) is 1.26. The normalized spacial score (nSPS) is 21.5. The molecular weight excluding hydrogens is 292 g/mol. The summed E-state index contributed by atoms with van der Waals surface area (Å²) in [4.78, 5) is 14.7. The Balaban J connectivity index is 1.37. The molecule has 126 valence electrons. The van der Waals surface area contributed by atoms with Gasteiger partial charge in [-0.3, -0.25) is 4.79 Å². The minimum absolute atomic E-state index is 0.0876. The predicted molar refractivity (Wildman–Crippen MR) is 88.9 cm³/mol. The van der Waals surface area contributed by atoms with Crippen LogP contribution < -0.4 is 14.8 Å². The molecular formula is C18H26N2O3. The Morgan fingerprint density at radius 3 is 2.65 bits per heavy atom. The van der Waals surface area contributed by atoms with Gasteiger partial charge in [-0.05, 0) is 51.0 Å². The van der Waals surface area contributed by atoms with Crippen molar-refractivity contribution in [3.05, 3.63) is 24.3 Å². The van der Waals surface area contributed by atoms with Gasteiger partial charge in [0, 0.05) is 6.54 Å². The van der Waals surface area contributed by atoms with Crippen LogP contribution in [0.4, 0.5) is 0 Å². The van der Waals surface area contributed by atoms with E-state index in [4.69, 9.17) is 9.47 Å². The van der Waals surface area contributed by atoms with E-state index in [9.17, 15) is 4.79 Å². The summed E-state index contributed by atoms with van der Waals surface area (Å²) >= 11 is 0. The Kier molecular flexibility index (Phi) is 5.75. The maximum Gasteiger partial charge on any atom is 0.264 e. The molecule has 1 saturated heterocycles. The Morgan fingerprint density at radius 1 is 1.13 bits per heavy atom. The van der Waals surface area contributed by atoms with Crippen LogP contribution in [-0.4, -0.2) is 49.7 Å². The first-order chi connectivity index (χ1) is 11.3. The van der Waals surface area contributed by atoms with Gasteiger partial charge in [0.15, 0.2) is 11.5 Å². The minimum Gasteiger partial charge on any atom is -0.485 e. The number of nitrogens with zero attached hydrogens (tertiary/aromatic N) is 1. The third-order valence-electron chi connectivity index (χ3n) is 4.45. The first-order valence-electron chi connectivity index (χ1n) is 8.71. The molecule has 23 heavy (non-hydrogen) atoms. The molecule has 5 heteroatoms. The quantitative estimate of drug-likeness (QED) is 0.846. The van der Waals surface area contributed by atoms with E-state index in [-0.39, 0.29) is 12.5 Å². The second-order valence-corrected chi connectivity index (χ2v) is 6.26. The Morgan fingerprint density at radius 2 is 1.87 bits per heavy atom. The van der Waals surface area contributed by atoms with Crippen LogP contribution in [0.3, 0.4) is 0 Å². The lowest BCUT2D eigenvalue weighted by Gasteiger charge is -2.25. The summed E-state index contributed by atoms with van der Waals surface area (Å²) < 4.78 is 11.3. The Labute approximate surface area is 137 Å². The summed E-state index contributed by atoms with van der Waals surface area (Å²) in [5.41, 5.74) is 0. The molecule has 1 aromatic carbocycles. The van der Waals surface area contributed by atoms with Crippen LogP contribution in [0, 0.1) is 0 Å². The number of benzene rings is 1. The zero-order valence-electron chi connectivity index (χ0n) is 13.6. The Hall–Kier alpha value is -1.75. The highest BCUT2D eigenvalue weighted by atomic mass is 16.6. The molecule has 2 aliphatic rings. The number of likely N-dealkylation sites (tertiary alicyclic amines) is 1. The van der Waals surface area contributed by atoms with E-state index >= 15 is 0 Å². The van der Waals surface area contributed by atoms with E-state index in [1.165, 1.54) is 38.8 Å². The molecule has 0 radical (unpaired) electrons. The van der Waals surface area contributed by atoms with Crippen molar-refractivity contribution in [3.8, 4) is 11.5 Å². The van der Waals surface area contributed by atoms with E-state index in [1.54, 1.807) is 0 Å². The van der Waals surface area contributed by atoms with E-state index in [0.717, 1.165) is 13.0 Å². The van der Waals surface area contributed by atoms with Gasteiger partial charge >= 0.3 is 0 Å². The molecule has 1 atom stereocenters. The third kappa shape index (κ3) is 4.61. The van der Waals surface area contributed by atoms with Gasteiger partial charge in [-0.2, -0.15) is 0 Å². The molecule has 5 nitrogen and oxygen atoms in total. The van der Waals surface area contributed by atoms with Crippen molar-refractivity contribution in [2.24, 2.45) is 0 Å². The van der Waals surface area contributed by atoms with Crippen LogP contribution in [-0.2, 0) is 4.79 Å². The number of hydrogen-bond acceptors (Lipinski definition) is 4. The maximum absolute atomic E-state index is 12.2. The third-order valence-corrected chi connectivity index (χ3v) is 4.45. The van der Waals surface area contributed by atoms with Gasteiger partial charge in [0.2, 0.25) is 6.10 Å². The number of carbonyl (C=O) groups excluding carboxylic acids is 1. The molecule has 1 fully saturated rings. The van der Waals surface area contributed by atoms with Gasteiger partial charge in [-0.1, -0.05) is 25.0 Å². The number of fused-ring (bicyclic) bond motifs is 1. The van der Waals surface area contributed by atoms with E-state index < -0.39 is 6.10 Å². The SMILES string of the molecule is O=C(NCCCN1CCCCCC1)[C@@H]1COc2ccccc2O1. The number of para-hydroxylation sites is 2. The summed E-state index contributed by atoms with van der Waals surface area (Å²) in [7, 11) is 0. The summed E-state index contributed by atoms with van der Waals surface area (Å²) in [6, 6.07) is 7.45. The molecule has 0 unspecified atom stereocenters. The van der Waals surface area contributed by atoms with Crippen molar-refractivity contribution in [2.75, 3.05) is 32.8 Å².